The molecule has 2 aromatic heterocycles. The van der Waals surface area contributed by atoms with E-state index < -0.39 is 38.6 Å². The molecule has 1 amide bonds. The molecule has 0 aliphatic rings. The van der Waals surface area contributed by atoms with Crippen LogP contribution >= 0.6 is 0 Å². The fraction of sp³-hybridized carbons (Fsp3) is 0.382. The molecule has 46 heavy (non-hydrogen) atoms. The quantitative estimate of drug-likeness (QED) is 0.168. The first kappa shape index (κ1) is 34.5. The van der Waals surface area contributed by atoms with Crippen molar-refractivity contribution in [1.82, 2.24) is 14.5 Å². The third-order valence-corrected chi connectivity index (χ3v) is 12.6. The highest BCUT2D eigenvalue weighted by atomic mass is 28.4. The number of esters is 2. The zero-order valence-electron chi connectivity index (χ0n) is 27.4. The first-order chi connectivity index (χ1) is 21.8. The van der Waals surface area contributed by atoms with Gasteiger partial charge in [0.25, 0.3) is 8.32 Å². The van der Waals surface area contributed by atoms with E-state index in [1.54, 1.807) is 23.8 Å². The normalized spacial score (nSPS) is 13.9. The summed E-state index contributed by atoms with van der Waals surface area (Å²) in [5.41, 5.74) is 0.530. The van der Waals surface area contributed by atoms with Gasteiger partial charge in [-0.05, 0) is 28.4 Å². The molecule has 0 radical (unpaired) electrons. The number of anilines is 1. The van der Waals surface area contributed by atoms with E-state index in [0.29, 0.717) is 16.9 Å². The molecule has 11 nitrogen and oxygen atoms in total. The van der Waals surface area contributed by atoms with Gasteiger partial charge in [-0.15, -0.1) is 0 Å². The van der Waals surface area contributed by atoms with E-state index in [0.717, 1.165) is 10.4 Å². The summed E-state index contributed by atoms with van der Waals surface area (Å²) in [6.45, 7) is 12.2. The maximum Gasteiger partial charge on any atom is 0.303 e. The molecule has 0 spiro atoms. The van der Waals surface area contributed by atoms with Gasteiger partial charge in [0.15, 0.2) is 6.10 Å². The summed E-state index contributed by atoms with van der Waals surface area (Å²) in [6, 6.07) is 22.1. The standard InChI is InChI=1S/C34H42N4O7Si/c1-23(44-25(3)40)31(45-26(4)41)30(42-22-38-19-18-29-32(37-24(2)39)35-21-36-33(29)38)20-43-46(34(5,6)7,27-14-10-8-11-15-27)28-16-12-9-13-17-28/h8-19,21,23,30-31H,20,22H2,1-7H3,(H,35,36,37,39)/t23?,30-,31?/m1/s1. The van der Waals surface area contributed by atoms with Crippen LogP contribution in [0.2, 0.25) is 5.04 Å². The fourth-order valence-electron chi connectivity index (χ4n) is 5.75. The molecule has 2 heterocycles. The Balaban J connectivity index is 1.76. The fourth-order valence-corrected chi connectivity index (χ4v) is 10.3. The minimum absolute atomic E-state index is 0.0145. The van der Waals surface area contributed by atoms with Gasteiger partial charge in [-0.3, -0.25) is 14.4 Å². The second-order valence-corrected chi connectivity index (χ2v) is 16.4. The molecule has 12 heteroatoms. The van der Waals surface area contributed by atoms with Crippen molar-refractivity contribution < 1.29 is 33.0 Å². The Hall–Kier alpha value is -4.39. The van der Waals surface area contributed by atoms with Gasteiger partial charge < -0.3 is 28.5 Å². The number of nitrogens with zero attached hydrogens (tertiary/aromatic N) is 3. The topological polar surface area (TPSA) is 131 Å². The van der Waals surface area contributed by atoms with E-state index in [9.17, 15) is 14.4 Å². The molecule has 1 N–H and O–H groups in total. The Bertz CT molecular complexity index is 1600. The van der Waals surface area contributed by atoms with Crippen LogP contribution in [0.3, 0.4) is 0 Å². The first-order valence-corrected chi connectivity index (χ1v) is 17.0. The largest absolute Gasteiger partial charge is 0.459 e. The second kappa shape index (κ2) is 14.8. The number of benzene rings is 2. The Labute approximate surface area is 270 Å². The lowest BCUT2D eigenvalue weighted by Gasteiger charge is -2.44. The monoisotopic (exact) mass is 646 g/mol. The van der Waals surface area contributed by atoms with Gasteiger partial charge in [0.2, 0.25) is 5.91 Å². The maximum absolute atomic E-state index is 12.4. The minimum atomic E-state index is -3.02. The minimum Gasteiger partial charge on any atom is -0.459 e. The highest BCUT2D eigenvalue weighted by molar-refractivity contribution is 6.99. The molecule has 0 saturated carbocycles. The number of carbonyl (C=O) groups excluding carboxylic acids is 3. The van der Waals surface area contributed by atoms with E-state index in [-0.39, 0.29) is 24.3 Å². The van der Waals surface area contributed by atoms with Gasteiger partial charge in [0, 0.05) is 27.0 Å². The van der Waals surface area contributed by atoms with E-state index in [1.807, 2.05) is 36.4 Å². The summed E-state index contributed by atoms with van der Waals surface area (Å²) in [7, 11) is -3.02. The summed E-state index contributed by atoms with van der Waals surface area (Å²) in [6.07, 6.45) is 0.420. The zero-order valence-corrected chi connectivity index (χ0v) is 28.4. The van der Waals surface area contributed by atoms with Crippen LogP contribution in [-0.2, 0) is 39.8 Å². The van der Waals surface area contributed by atoms with Crippen molar-refractivity contribution in [2.24, 2.45) is 0 Å². The average molecular weight is 647 g/mol. The van der Waals surface area contributed by atoms with Crippen molar-refractivity contribution in [3.63, 3.8) is 0 Å². The summed E-state index contributed by atoms with van der Waals surface area (Å²) in [5.74, 6) is -0.950. The number of aromatic nitrogens is 3. The lowest BCUT2D eigenvalue weighted by molar-refractivity contribution is -0.182. The van der Waals surface area contributed by atoms with E-state index in [2.05, 4.69) is 60.3 Å². The highest BCUT2D eigenvalue weighted by Gasteiger charge is 2.51. The number of carbonyl (C=O) groups is 3. The summed E-state index contributed by atoms with van der Waals surface area (Å²) in [5, 5.41) is 5.16. The van der Waals surface area contributed by atoms with Gasteiger partial charge in [-0.2, -0.15) is 0 Å². The number of ether oxygens (including phenoxy) is 3. The van der Waals surface area contributed by atoms with Crippen molar-refractivity contribution >= 4 is 53.4 Å². The predicted molar refractivity (Wildman–Crippen MR) is 177 cm³/mol. The van der Waals surface area contributed by atoms with Crippen LogP contribution in [0.25, 0.3) is 11.0 Å². The third kappa shape index (κ3) is 7.87. The Morgan fingerprint density at radius 2 is 1.46 bits per heavy atom. The van der Waals surface area contributed by atoms with Gasteiger partial charge in [-0.1, -0.05) is 81.4 Å². The van der Waals surface area contributed by atoms with Crippen LogP contribution in [0.15, 0.2) is 79.3 Å². The third-order valence-electron chi connectivity index (χ3n) is 7.64. The number of hydrogen-bond donors (Lipinski definition) is 1. The van der Waals surface area contributed by atoms with Crippen molar-refractivity contribution in [1.29, 1.82) is 0 Å². The molecule has 244 valence electrons. The van der Waals surface area contributed by atoms with Gasteiger partial charge in [0.05, 0.1) is 12.0 Å². The Morgan fingerprint density at radius 3 is 1.98 bits per heavy atom. The predicted octanol–water partition coefficient (Wildman–Crippen LogP) is 4.19. The van der Waals surface area contributed by atoms with E-state index >= 15 is 0 Å². The maximum atomic E-state index is 12.4. The number of fused-ring (bicyclic) bond motifs is 1. The molecule has 3 atom stereocenters. The molecule has 4 aromatic rings. The number of amides is 1. The second-order valence-electron chi connectivity index (χ2n) is 12.1. The molecule has 0 bridgehead atoms. The van der Waals surface area contributed by atoms with Crippen LogP contribution < -0.4 is 15.7 Å². The van der Waals surface area contributed by atoms with Crippen LogP contribution in [-0.4, -0.2) is 65.6 Å². The van der Waals surface area contributed by atoms with Crippen LogP contribution in [0.4, 0.5) is 5.82 Å². The lowest BCUT2D eigenvalue weighted by atomic mass is 10.1. The number of rotatable bonds is 13. The first-order valence-electron chi connectivity index (χ1n) is 15.1. The van der Waals surface area contributed by atoms with Gasteiger partial charge in [-0.25, -0.2) is 9.97 Å². The molecule has 0 saturated heterocycles. The van der Waals surface area contributed by atoms with Gasteiger partial charge >= 0.3 is 11.9 Å². The molecule has 0 fully saturated rings. The van der Waals surface area contributed by atoms with E-state index in [1.165, 1.54) is 27.1 Å². The smallest absolute Gasteiger partial charge is 0.303 e. The summed E-state index contributed by atoms with van der Waals surface area (Å²) >= 11 is 0. The number of hydrogen-bond acceptors (Lipinski definition) is 9. The molecular formula is C34H42N4O7Si. The van der Waals surface area contributed by atoms with Gasteiger partial charge in [0.1, 0.15) is 36.7 Å². The van der Waals surface area contributed by atoms with Crippen LogP contribution in [0, 0.1) is 0 Å². The number of nitrogens with one attached hydrogen (secondary N) is 1. The van der Waals surface area contributed by atoms with Crippen molar-refractivity contribution in [2.45, 2.75) is 78.5 Å². The molecule has 0 aliphatic carbocycles. The summed E-state index contributed by atoms with van der Waals surface area (Å²) < 4.78 is 26.7. The lowest BCUT2D eigenvalue weighted by Crippen LogP contribution is -2.67. The Morgan fingerprint density at radius 1 is 0.870 bits per heavy atom. The molecule has 0 aliphatic heterocycles. The SMILES string of the molecule is CC(=O)Nc1ncnc2c1ccn2CO[C@H](CO[Si](c1ccccc1)(c1ccccc1)C(C)(C)C)C(OC(C)=O)C(C)OC(C)=O. The van der Waals surface area contributed by atoms with Crippen molar-refractivity contribution in [3.05, 3.63) is 79.3 Å². The van der Waals surface area contributed by atoms with Crippen molar-refractivity contribution in [2.75, 3.05) is 11.9 Å². The molecule has 2 unspecified atom stereocenters. The average Bonchev–Trinajstić information content (AvgIpc) is 3.41. The molecule has 4 rings (SSSR count). The van der Waals surface area contributed by atoms with Crippen molar-refractivity contribution in [3.8, 4) is 0 Å². The zero-order chi connectivity index (χ0) is 33.5. The molecule has 2 aromatic carbocycles. The summed E-state index contributed by atoms with van der Waals surface area (Å²) in [4.78, 5) is 44.7. The van der Waals surface area contributed by atoms with Crippen LogP contribution in [0.1, 0.15) is 48.5 Å². The van der Waals surface area contributed by atoms with E-state index in [4.69, 9.17) is 18.6 Å². The molecular weight excluding hydrogens is 604 g/mol. The highest BCUT2D eigenvalue weighted by Crippen LogP contribution is 2.37. The Kier molecular flexibility index (Phi) is 11.1. The van der Waals surface area contributed by atoms with Crippen LogP contribution in [0.5, 0.6) is 0 Å².